The molecule has 0 radical (unpaired) electrons. The van der Waals surface area contributed by atoms with Gasteiger partial charge < -0.3 is 15.0 Å². The normalized spacial score (nSPS) is 21.6. The van der Waals surface area contributed by atoms with Crippen LogP contribution in [0, 0.1) is 11.7 Å². The predicted molar refractivity (Wildman–Crippen MR) is 106 cm³/mol. The zero-order valence-electron chi connectivity index (χ0n) is 17.1. The van der Waals surface area contributed by atoms with Gasteiger partial charge in [0.15, 0.2) is 0 Å². The zero-order chi connectivity index (χ0) is 22.8. The van der Waals surface area contributed by atoms with Gasteiger partial charge in [0, 0.05) is 19.0 Å². The Balaban J connectivity index is 1.37. The number of halogens is 3. The number of carbonyl (C=O) groups is 3. The SMILES string of the molecule is O=C(NC[C@H]1CN(c2ccc(N3CCON(C(=O)C4CC4)CC3)c(F)c2)C(=O)O1)C(F)F. The summed E-state index contributed by atoms with van der Waals surface area (Å²) in [4.78, 5) is 43.8. The summed E-state index contributed by atoms with van der Waals surface area (Å²) in [6.07, 6.45) is -3.00. The molecule has 1 N–H and O–H groups in total. The average Bonchev–Trinajstić information content (AvgIpc) is 3.57. The Labute approximate surface area is 182 Å². The van der Waals surface area contributed by atoms with Gasteiger partial charge in [-0.3, -0.25) is 19.3 Å². The van der Waals surface area contributed by atoms with Gasteiger partial charge in [0.2, 0.25) is 5.91 Å². The fourth-order valence-electron chi connectivity index (χ4n) is 3.65. The highest BCUT2D eigenvalue weighted by atomic mass is 19.3. The van der Waals surface area contributed by atoms with Gasteiger partial charge in [0.25, 0.3) is 5.91 Å². The summed E-state index contributed by atoms with van der Waals surface area (Å²) in [6.45, 7) is 1.06. The molecule has 32 heavy (non-hydrogen) atoms. The zero-order valence-corrected chi connectivity index (χ0v) is 17.1. The van der Waals surface area contributed by atoms with E-state index < -0.39 is 30.3 Å². The van der Waals surface area contributed by atoms with E-state index in [2.05, 4.69) is 0 Å². The van der Waals surface area contributed by atoms with Crippen LogP contribution in [0.3, 0.4) is 0 Å². The first-order chi connectivity index (χ1) is 15.3. The third-order valence-corrected chi connectivity index (χ3v) is 5.51. The minimum atomic E-state index is -3.16. The molecule has 1 aromatic carbocycles. The molecular weight excluding hydrogens is 433 g/mol. The topological polar surface area (TPSA) is 91.4 Å². The molecule has 1 aliphatic carbocycles. The van der Waals surface area contributed by atoms with Gasteiger partial charge >= 0.3 is 12.5 Å². The Bertz CT molecular complexity index is 898. The highest BCUT2D eigenvalue weighted by Gasteiger charge is 2.36. The summed E-state index contributed by atoms with van der Waals surface area (Å²) in [7, 11) is 0. The number of hydrogen-bond donors (Lipinski definition) is 1. The van der Waals surface area contributed by atoms with Crippen LogP contribution in [0.4, 0.5) is 29.3 Å². The summed E-state index contributed by atoms with van der Waals surface area (Å²) < 4.78 is 44.5. The first-order valence-corrected chi connectivity index (χ1v) is 10.4. The van der Waals surface area contributed by atoms with Crippen LogP contribution >= 0.6 is 0 Å². The Morgan fingerprint density at radius 2 is 1.97 bits per heavy atom. The van der Waals surface area contributed by atoms with Crippen molar-refractivity contribution in [2.45, 2.75) is 25.4 Å². The van der Waals surface area contributed by atoms with Gasteiger partial charge in [0.1, 0.15) is 11.9 Å². The fraction of sp³-hybridized carbons (Fsp3) is 0.550. The highest BCUT2D eigenvalue weighted by molar-refractivity contribution is 5.90. The van der Waals surface area contributed by atoms with Crippen LogP contribution in [-0.4, -0.2) is 74.8 Å². The molecular formula is C20H23F3N4O5. The summed E-state index contributed by atoms with van der Waals surface area (Å²) in [5.41, 5.74) is 0.557. The number of nitrogens with one attached hydrogen (secondary N) is 1. The summed E-state index contributed by atoms with van der Waals surface area (Å²) in [5, 5.41) is 3.35. The van der Waals surface area contributed by atoms with Crippen LogP contribution < -0.4 is 15.1 Å². The lowest BCUT2D eigenvalue weighted by molar-refractivity contribution is -0.183. The number of anilines is 2. The molecule has 174 valence electrons. The smallest absolute Gasteiger partial charge is 0.414 e. The van der Waals surface area contributed by atoms with E-state index >= 15 is 0 Å². The number of benzene rings is 1. The molecule has 1 aromatic rings. The lowest BCUT2D eigenvalue weighted by atomic mass is 10.2. The van der Waals surface area contributed by atoms with Gasteiger partial charge in [-0.15, -0.1) is 0 Å². The van der Waals surface area contributed by atoms with Gasteiger partial charge in [-0.2, -0.15) is 8.78 Å². The van der Waals surface area contributed by atoms with E-state index in [4.69, 9.17) is 9.57 Å². The maximum atomic E-state index is 14.9. The van der Waals surface area contributed by atoms with Crippen molar-refractivity contribution in [3.63, 3.8) is 0 Å². The van der Waals surface area contributed by atoms with Crippen LogP contribution in [0.1, 0.15) is 12.8 Å². The van der Waals surface area contributed by atoms with E-state index in [1.165, 1.54) is 22.1 Å². The van der Waals surface area contributed by atoms with Gasteiger partial charge in [-0.1, -0.05) is 0 Å². The van der Waals surface area contributed by atoms with E-state index in [0.717, 1.165) is 12.8 Å². The molecule has 0 aromatic heterocycles. The number of ether oxygens (including phenoxy) is 1. The van der Waals surface area contributed by atoms with Crippen molar-refractivity contribution >= 4 is 29.3 Å². The third kappa shape index (κ3) is 4.90. The van der Waals surface area contributed by atoms with E-state index in [0.29, 0.717) is 25.3 Å². The van der Waals surface area contributed by atoms with Crippen molar-refractivity contribution in [3.8, 4) is 0 Å². The Hall–Kier alpha value is -3.02. The quantitative estimate of drug-likeness (QED) is 0.698. The maximum Gasteiger partial charge on any atom is 0.414 e. The van der Waals surface area contributed by atoms with Crippen molar-refractivity contribution in [2.24, 2.45) is 5.92 Å². The summed E-state index contributed by atoms with van der Waals surface area (Å²) >= 11 is 0. The van der Waals surface area contributed by atoms with Gasteiger partial charge in [-0.05, 0) is 31.0 Å². The molecule has 1 saturated carbocycles. The van der Waals surface area contributed by atoms with Crippen molar-refractivity contribution in [3.05, 3.63) is 24.0 Å². The number of alkyl halides is 2. The second-order valence-electron chi connectivity index (χ2n) is 7.83. The maximum absolute atomic E-state index is 14.9. The number of hydroxylamine groups is 2. The van der Waals surface area contributed by atoms with E-state index in [-0.39, 0.29) is 37.2 Å². The van der Waals surface area contributed by atoms with Crippen LogP contribution in [0.25, 0.3) is 0 Å². The fourth-order valence-corrected chi connectivity index (χ4v) is 3.65. The molecule has 3 amide bonds. The monoisotopic (exact) mass is 456 g/mol. The van der Waals surface area contributed by atoms with Crippen LogP contribution in [0.2, 0.25) is 0 Å². The molecule has 3 aliphatic rings. The minimum absolute atomic E-state index is 0.0169. The van der Waals surface area contributed by atoms with Crippen molar-refractivity contribution < 1.29 is 37.1 Å². The van der Waals surface area contributed by atoms with Gasteiger partial charge in [0.05, 0.1) is 37.6 Å². The van der Waals surface area contributed by atoms with Crippen molar-refractivity contribution in [1.29, 1.82) is 0 Å². The molecule has 0 spiro atoms. The highest BCUT2D eigenvalue weighted by Crippen LogP contribution is 2.32. The third-order valence-electron chi connectivity index (χ3n) is 5.51. The number of hydrogen-bond acceptors (Lipinski definition) is 6. The number of amides is 3. The Morgan fingerprint density at radius 3 is 2.66 bits per heavy atom. The molecule has 9 nitrogen and oxygen atoms in total. The number of carbonyl (C=O) groups excluding carboxylic acids is 3. The average molecular weight is 456 g/mol. The standard InChI is InChI=1S/C20H23F3N4O5/c21-15-9-13(26-11-14(32-20(26)30)10-24-18(28)17(22)23)3-4-16(15)25-5-6-27(31-8-7-25)19(29)12-1-2-12/h3-4,9,12,14,17H,1-2,5-8,10-11H2,(H,24,28)/t14-/m0/s1. The Kier molecular flexibility index (Phi) is 6.40. The molecule has 1 atom stereocenters. The number of nitrogens with zero attached hydrogens (tertiary/aromatic N) is 3. The summed E-state index contributed by atoms with van der Waals surface area (Å²) in [5.74, 6) is -2.01. The van der Waals surface area contributed by atoms with E-state index in [1.807, 2.05) is 5.32 Å². The molecule has 0 bridgehead atoms. The first kappa shape index (κ1) is 22.2. The van der Waals surface area contributed by atoms with Crippen LogP contribution in [0.15, 0.2) is 18.2 Å². The lowest BCUT2D eigenvalue weighted by Crippen LogP contribution is -2.37. The predicted octanol–water partition coefficient (Wildman–Crippen LogP) is 1.52. The number of rotatable bonds is 6. The molecule has 2 heterocycles. The van der Waals surface area contributed by atoms with Gasteiger partial charge in [-0.25, -0.2) is 14.2 Å². The van der Waals surface area contributed by atoms with Crippen LogP contribution in [-0.2, 0) is 19.2 Å². The minimum Gasteiger partial charge on any atom is -0.442 e. The second kappa shape index (κ2) is 9.23. The first-order valence-electron chi connectivity index (χ1n) is 10.4. The molecule has 3 fully saturated rings. The molecule has 2 saturated heterocycles. The number of cyclic esters (lactones) is 1. The molecule has 2 aliphatic heterocycles. The lowest BCUT2D eigenvalue weighted by Gasteiger charge is -2.24. The van der Waals surface area contributed by atoms with Crippen LogP contribution in [0.5, 0.6) is 0 Å². The van der Waals surface area contributed by atoms with E-state index in [9.17, 15) is 27.6 Å². The van der Waals surface area contributed by atoms with Crippen molar-refractivity contribution in [2.75, 3.05) is 49.1 Å². The summed E-state index contributed by atoms with van der Waals surface area (Å²) in [6, 6.07) is 4.27. The van der Waals surface area contributed by atoms with E-state index in [1.54, 1.807) is 11.0 Å². The second-order valence-corrected chi connectivity index (χ2v) is 7.83. The molecule has 12 heteroatoms. The van der Waals surface area contributed by atoms with Crippen molar-refractivity contribution in [1.82, 2.24) is 10.4 Å². The Morgan fingerprint density at radius 1 is 1.19 bits per heavy atom. The molecule has 4 rings (SSSR count). The largest absolute Gasteiger partial charge is 0.442 e. The molecule has 0 unspecified atom stereocenters.